The van der Waals surface area contributed by atoms with Crippen molar-refractivity contribution in [2.45, 2.75) is 32.4 Å². The van der Waals surface area contributed by atoms with Crippen molar-refractivity contribution in [1.29, 1.82) is 0 Å². The third-order valence-electron chi connectivity index (χ3n) is 3.28. The van der Waals surface area contributed by atoms with Crippen molar-refractivity contribution in [2.24, 2.45) is 5.73 Å². The quantitative estimate of drug-likeness (QED) is 0.823. The van der Waals surface area contributed by atoms with Crippen LogP contribution in [-0.2, 0) is 11.3 Å². The number of amides is 1. The van der Waals surface area contributed by atoms with Crippen molar-refractivity contribution in [1.82, 2.24) is 10.3 Å². The highest BCUT2D eigenvalue weighted by Gasteiger charge is 2.19. The molecule has 0 bridgehead atoms. The third kappa shape index (κ3) is 3.20. The van der Waals surface area contributed by atoms with Gasteiger partial charge in [-0.2, -0.15) is 0 Å². The van der Waals surface area contributed by atoms with Gasteiger partial charge in [0.15, 0.2) is 0 Å². The fraction of sp³-hybridized carbons (Fsp3) is 0.538. The number of hydrogen-bond donors (Lipinski definition) is 2. The lowest BCUT2D eigenvalue weighted by Crippen LogP contribution is -2.44. The molecule has 0 spiro atoms. The number of rotatable bonds is 3. The Morgan fingerprint density at radius 1 is 1.56 bits per heavy atom. The topological polar surface area (TPSA) is 71.2 Å². The Morgan fingerprint density at radius 2 is 2.28 bits per heavy atom. The summed E-state index contributed by atoms with van der Waals surface area (Å²) in [6.45, 7) is 3.96. The highest BCUT2D eigenvalue weighted by molar-refractivity contribution is 5.73. The molecule has 0 radical (unpaired) electrons. The van der Waals surface area contributed by atoms with Gasteiger partial charge in [0.05, 0.1) is 5.69 Å². The summed E-state index contributed by atoms with van der Waals surface area (Å²) < 4.78 is 0. The molecule has 1 aromatic rings. The molecule has 1 aliphatic rings. The average Bonchev–Trinajstić information content (AvgIpc) is 2.39. The molecule has 98 valence electrons. The molecule has 2 heterocycles. The van der Waals surface area contributed by atoms with Crippen LogP contribution in [0.4, 0.5) is 5.69 Å². The number of nitrogens with zero attached hydrogens (tertiary/aromatic N) is 2. The van der Waals surface area contributed by atoms with Gasteiger partial charge in [-0.25, -0.2) is 0 Å². The molecule has 18 heavy (non-hydrogen) atoms. The number of aromatic nitrogens is 1. The normalized spacial score (nSPS) is 16.7. The molecule has 5 nitrogen and oxygen atoms in total. The van der Waals surface area contributed by atoms with Crippen LogP contribution in [0.25, 0.3) is 0 Å². The molecule has 1 aromatic heterocycles. The van der Waals surface area contributed by atoms with Crippen LogP contribution in [0, 0.1) is 0 Å². The maximum atomic E-state index is 11.0. The van der Waals surface area contributed by atoms with E-state index in [2.05, 4.69) is 15.2 Å². The van der Waals surface area contributed by atoms with Crippen LogP contribution in [0.15, 0.2) is 18.3 Å². The summed E-state index contributed by atoms with van der Waals surface area (Å²) in [7, 11) is 0. The van der Waals surface area contributed by atoms with Crippen molar-refractivity contribution >= 4 is 11.6 Å². The lowest BCUT2D eigenvalue weighted by molar-refractivity contribution is -0.119. The first-order valence-electron chi connectivity index (χ1n) is 6.36. The molecule has 1 amide bonds. The predicted octanol–water partition coefficient (Wildman–Crippen LogP) is 0.645. The SMILES string of the molecule is CC(=O)NC1CCN(c2ccnc(CN)c2)CC1. The van der Waals surface area contributed by atoms with Gasteiger partial charge in [0, 0.05) is 44.5 Å². The van der Waals surface area contributed by atoms with Crippen molar-refractivity contribution in [2.75, 3.05) is 18.0 Å². The lowest BCUT2D eigenvalue weighted by atomic mass is 10.0. The predicted molar refractivity (Wildman–Crippen MR) is 71.2 cm³/mol. The van der Waals surface area contributed by atoms with Crippen molar-refractivity contribution in [3.8, 4) is 0 Å². The minimum Gasteiger partial charge on any atom is -0.371 e. The maximum Gasteiger partial charge on any atom is 0.217 e. The molecule has 3 N–H and O–H groups in total. The van der Waals surface area contributed by atoms with Gasteiger partial charge in [-0.15, -0.1) is 0 Å². The Morgan fingerprint density at radius 3 is 2.89 bits per heavy atom. The average molecular weight is 248 g/mol. The molecule has 1 aliphatic heterocycles. The van der Waals surface area contributed by atoms with Crippen molar-refractivity contribution < 1.29 is 4.79 Å². The van der Waals surface area contributed by atoms with E-state index in [1.54, 1.807) is 13.1 Å². The van der Waals surface area contributed by atoms with Crippen molar-refractivity contribution in [3.63, 3.8) is 0 Å². The van der Waals surface area contributed by atoms with E-state index in [9.17, 15) is 4.79 Å². The molecule has 1 fully saturated rings. The number of hydrogen-bond acceptors (Lipinski definition) is 4. The zero-order chi connectivity index (χ0) is 13.0. The van der Waals surface area contributed by atoms with Crippen LogP contribution >= 0.6 is 0 Å². The van der Waals surface area contributed by atoms with E-state index in [1.165, 1.54) is 5.69 Å². The number of nitrogens with two attached hydrogens (primary N) is 1. The summed E-state index contributed by atoms with van der Waals surface area (Å²) in [6, 6.07) is 4.37. The van der Waals surface area contributed by atoms with E-state index >= 15 is 0 Å². The first-order valence-corrected chi connectivity index (χ1v) is 6.36. The van der Waals surface area contributed by atoms with Crippen LogP contribution in [-0.4, -0.2) is 30.0 Å². The van der Waals surface area contributed by atoms with Gasteiger partial charge in [0.2, 0.25) is 5.91 Å². The second-order valence-corrected chi connectivity index (χ2v) is 4.67. The molecule has 0 aromatic carbocycles. The van der Waals surface area contributed by atoms with E-state index in [0.717, 1.165) is 31.6 Å². The number of nitrogens with one attached hydrogen (secondary N) is 1. The minimum absolute atomic E-state index is 0.0581. The van der Waals surface area contributed by atoms with Gasteiger partial charge in [-0.05, 0) is 25.0 Å². The molecular weight excluding hydrogens is 228 g/mol. The summed E-state index contributed by atoms with van der Waals surface area (Å²) >= 11 is 0. The Kier molecular flexibility index (Phi) is 4.15. The van der Waals surface area contributed by atoms with Crippen molar-refractivity contribution in [3.05, 3.63) is 24.0 Å². The second-order valence-electron chi connectivity index (χ2n) is 4.67. The third-order valence-corrected chi connectivity index (χ3v) is 3.28. The van der Waals surface area contributed by atoms with E-state index in [1.807, 2.05) is 12.1 Å². The highest BCUT2D eigenvalue weighted by Crippen LogP contribution is 2.20. The summed E-state index contributed by atoms with van der Waals surface area (Å²) in [6.07, 6.45) is 3.77. The standard InChI is InChI=1S/C13H20N4O/c1-10(18)16-11-3-6-17(7-4-11)13-2-5-15-12(8-13)9-14/h2,5,8,11H,3-4,6-7,9,14H2,1H3,(H,16,18). The molecular formula is C13H20N4O. The number of piperidine rings is 1. The lowest BCUT2D eigenvalue weighted by Gasteiger charge is -2.33. The first kappa shape index (κ1) is 12.8. The van der Waals surface area contributed by atoms with Gasteiger partial charge in [-0.1, -0.05) is 0 Å². The van der Waals surface area contributed by atoms with Crippen LogP contribution in [0.1, 0.15) is 25.5 Å². The molecule has 0 unspecified atom stereocenters. The highest BCUT2D eigenvalue weighted by atomic mass is 16.1. The molecule has 0 aliphatic carbocycles. The Bertz CT molecular complexity index is 413. The smallest absolute Gasteiger partial charge is 0.217 e. The summed E-state index contributed by atoms with van der Waals surface area (Å²) in [5.41, 5.74) is 7.68. The fourth-order valence-electron chi connectivity index (χ4n) is 2.34. The number of carbonyl (C=O) groups is 1. The molecule has 1 saturated heterocycles. The number of pyridine rings is 1. The largest absolute Gasteiger partial charge is 0.371 e. The van der Waals surface area contributed by atoms with Crippen LogP contribution in [0.5, 0.6) is 0 Å². The van der Waals surface area contributed by atoms with Gasteiger partial charge in [-0.3, -0.25) is 9.78 Å². The van der Waals surface area contributed by atoms with E-state index in [0.29, 0.717) is 12.6 Å². The Labute approximate surface area is 107 Å². The van der Waals surface area contributed by atoms with Gasteiger partial charge < -0.3 is 16.0 Å². The molecule has 0 saturated carbocycles. The van der Waals surface area contributed by atoms with Gasteiger partial charge in [0.25, 0.3) is 0 Å². The fourth-order valence-corrected chi connectivity index (χ4v) is 2.34. The van der Waals surface area contributed by atoms with E-state index < -0.39 is 0 Å². The molecule has 5 heteroatoms. The van der Waals surface area contributed by atoms with Gasteiger partial charge >= 0.3 is 0 Å². The summed E-state index contributed by atoms with van der Waals surface area (Å²) in [5.74, 6) is 0.0581. The minimum atomic E-state index is 0.0581. The summed E-state index contributed by atoms with van der Waals surface area (Å²) in [5, 5.41) is 2.98. The van der Waals surface area contributed by atoms with Crippen LogP contribution in [0.3, 0.4) is 0 Å². The number of anilines is 1. The van der Waals surface area contributed by atoms with Crippen LogP contribution < -0.4 is 16.0 Å². The maximum absolute atomic E-state index is 11.0. The zero-order valence-electron chi connectivity index (χ0n) is 10.7. The zero-order valence-corrected chi connectivity index (χ0v) is 10.7. The first-order chi connectivity index (χ1) is 8.69. The van der Waals surface area contributed by atoms with E-state index in [4.69, 9.17) is 5.73 Å². The molecule has 2 rings (SSSR count). The van der Waals surface area contributed by atoms with E-state index in [-0.39, 0.29) is 5.91 Å². The van der Waals surface area contributed by atoms with Gasteiger partial charge in [0.1, 0.15) is 0 Å². The monoisotopic (exact) mass is 248 g/mol. The second kappa shape index (κ2) is 5.82. The molecule has 0 atom stereocenters. The Hall–Kier alpha value is -1.62. The van der Waals surface area contributed by atoms with Crippen LogP contribution in [0.2, 0.25) is 0 Å². The number of carbonyl (C=O) groups excluding carboxylic acids is 1. The summed E-state index contributed by atoms with van der Waals surface area (Å²) in [4.78, 5) is 17.5. The Balaban J connectivity index is 1.94.